The minimum Gasteiger partial charge on any atom is -0.306 e. The molecule has 0 fully saturated rings. The largest absolute Gasteiger partial charge is 0.306 e. The quantitative estimate of drug-likeness (QED) is 0.588. The van der Waals surface area contributed by atoms with Crippen LogP contribution in [0.1, 0.15) is 6.92 Å². The van der Waals surface area contributed by atoms with E-state index in [9.17, 15) is 0 Å². The number of terminal acetylenes is 1. The van der Waals surface area contributed by atoms with Gasteiger partial charge in [0.15, 0.2) is 0 Å². The van der Waals surface area contributed by atoms with Gasteiger partial charge in [-0.05, 0) is 12.8 Å². The standard InChI is InChI=1S/C7H13NS/c1-4-7(8-3)6-9-5-2/h1,7-8H,5-6H2,2-3H3. The maximum atomic E-state index is 5.20. The molecule has 0 aromatic heterocycles. The molecule has 52 valence electrons. The van der Waals surface area contributed by atoms with Crippen molar-refractivity contribution in [2.24, 2.45) is 0 Å². The Labute approximate surface area is 61.6 Å². The number of thioether (sulfide) groups is 1. The molecular formula is C7H13NS. The van der Waals surface area contributed by atoms with Crippen molar-refractivity contribution in [3.05, 3.63) is 0 Å². The maximum Gasteiger partial charge on any atom is 0.0776 e. The molecule has 0 rings (SSSR count). The summed E-state index contributed by atoms with van der Waals surface area (Å²) in [5, 5.41) is 3.03. The van der Waals surface area contributed by atoms with E-state index in [0.717, 1.165) is 11.5 Å². The van der Waals surface area contributed by atoms with E-state index >= 15 is 0 Å². The van der Waals surface area contributed by atoms with Crippen LogP contribution in [0.25, 0.3) is 0 Å². The van der Waals surface area contributed by atoms with Gasteiger partial charge in [0.1, 0.15) is 0 Å². The van der Waals surface area contributed by atoms with Gasteiger partial charge >= 0.3 is 0 Å². The predicted octanol–water partition coefficient (Wildman–Crippen LogP) is 0.961. The van der Waals surface area contributed by atoms with Crippen LogP contribution in [0.2, 0.25) is 0 Å². The van der Waals surface area contributed by atoms with Crippen molar-refractivity contribution in [1.82, 2.24) is 5.32 Å². The highest BCUT2D eigenvalue weighted by Crippen LogP contribution is 1.99. The van der Waals surface area contributed by atoms with Gasteiger partial charge in [0, 0.05) is 5.75 Å². The van der Waals surface area contributed by atoms with E-state index in [-0.39, 0.29) is 6.04 Å². The molecular weight excluding hydrogens is 130 g/mol. The summed E-state index contributed by atoms with van der Waals surface area (Å²) in [6, 6.07) is 0.245. The lowest BCUT2D eigenvalue weighted by atomic mass is 10.4. The van der Waals surface area contributed by atoms with Crippen molar-refractivity contribution in [2.75, 3.05) is 18.6 Å². The second kappa shape index (κ2) is 6.00. The van der Waals surface area contributed by atoms with E-state index < -0.39 is 0 Å². The highest BCUT2D eigenvalue weighted by molar-refractivity contribution is 7.99. The Balaban J connectivity index is 3.23. The van der Waals surface area contributed by atoms with Crippen molar-refractivity contribution >= 4 is 11.8 Å². The molecule has 1 nitrogen and oxygen atoms in total. The van der Waals surface area contributed by atoms with Crippen LogP contribution in [0.15, 0.2) is 0 Å². The minimum atomic E-state index is 0.245. The van der Waals surface area contributed by atoms with Crippen molar-refractivity contribution in [2.45, 2.75) is 13.0 Å². The average Bonchev–Trinajstić information content (AvgIpc) is 1.91. The Hall–Kier alpha value is -0.130. The van der Waals surface area contributed by atoms with Gasteiger partial charge in [-0.15, -0.1) is 6.42 Å². The van der Waals surface area contributed by atoms with E-state index in [2.05, 4.69) is 18.2 Å². The second-order valence-electron chi connectivity index (χ2n) is 1.67. The van der Waals surface area contributed by atoms with Crippen LogP contribution in [0, 0.1) is 12.3 Å². The zero-order valence-electron chi connectivity index (χ0n) is 5.98. The lowest BCUT2D eigenvalue weighted by Crippen LogP contribution is -2.25. The van der Waals surface area contributed by atoms with Crippen molar-refractivity contribution in [3.63, 3.8) is 0 Å². The summed E-state index contributed by atoms with van der Waals surface area (Å²) >= 11 is 1.86. The Morgan fingerprint density at radius 3 is 2.78 bits per heavy atom. The van der Waals surface area contributed by atoms with Crippen LogP contribution < -0.4 is 5.32 Å². The van der Waals surface area contributed by atoms with Crippen LogP contribution in [-0.4, -0.2) is 24.6 Å². The molecule has 0 amide bonds. The fourth-order valence-electron chi connectivity index (χ4n) is 0.450. The van der Waals surface area contributed by atoms with E-state index in [1.807, 2.05) is 18.8 Å². The lowest BCUT2D eigenvalue weighted by molar-refractivity contribution is 0.760. The number of hydrogen-bond donors (Lipinski definition) is 1. The zero-order valence-corrected chi connectivity index (χ0v) is 6.79. The van der Waals surface area contributed by atoms with Gasteiger partial charge in [-0.3, -0.25) is 0 Å². The Bertz CT molecular complexity index is 95.6. The van der Waals surface area contributed by atoms with Crippen LogP contribution in [0.3, 0.4) is 0 Å². The molecule has 1 N–H and O–H groups in total. The lowest BCUT2D eigenvalue weighted by Gasteiger charge is -2.06. The van der Waals surface area contributed by atoms with Gasteiger partial charge in [0.05, 0.1) is 6.04 Å². The molecule has 0 aliphatic heterocycles. The Morgan fingerprint density at radius 1 is 1.78 bits per heavy atom. The SMILES string of the molecule is C#CC(CSCC)NC. The van der Waals surface area contributed by atoms with Gasteiger partial charge in [-0.25, -0.2) is 0 Å². The third-order valence-electron chi connectivity index (χ3n) is 1.04. The summed E-state index contributed by atoms with van der Waals surface area (Å²) in [4.78, 5) is 0. The molecule has 0 aliphatic carbocycles. The first-order valence-electron chi connectivity index (χ1n) is 3.06. The number of rotatable bonds is 4. The van der Waals surface area contributed by atoms with Crippen molar-refractivity contribution in [1.29, 1.82) is 0 Å². The van der Waals surface area contributed by atoms with Crippen LogP contribution >= 0.6 is 11.8 Å². The fourth-order valence-corrected chi connectivity index (χ4v) is 1.18. The van der Waals surface area contributed by atoms with Crippen LogP contribution in [0.5, 0.6) is 0 Å². The molecule has 0 aliphatic rings. The molecule has 0 saturated carbocycles. The highest BCUT2D eigenvalue weighted by Gasteiger charge is 1.97. The number of nitrogens with one attached hydrogen (secondary N) is 1. The second-order valence-corrected chi connectivity index (χ2v) is 2.99. The first kappa shape index (κ1) is 8.87. The van der Waals surface area contributed by atoms with Gasteiger partial charge in [-0.1, -0.05) is 12.8 Å². The molecule has 1 unspecified atom stereocenters. The average molecular weight is 143 g/mol. The maximum absolute atomic E-state index is 5.20. The minimum absolute atomic E-state index is 0.245. The van der Waals surface area contributed by atoms with Gasteiger partial charge in [0.25, 0.3) is 0 Å². The highest BCUT2D eigenvalue weighted by atomic mass is 32.2. The molecule has 9 heavy (non-hydrogen) atoms. The Morgan fingerprint density at radius 2 is 2.44 bits per heavy atom. The molecule has 2 heteroatoms. The monoisotopic (exact) mass is 143 g/mol. The molecule has 0 aromatic carbocycles. The predicted molar refractivity (Wildman–Crippen MR) is 44.7 cm³/mol. The summed E-state index contributed by atoms with van der Waals surface area (Å²) in [5.74, 6) is 4.81. The van der Waals surface area contributed by atoms with Gasteiger partial charge in [-0.2, -0.15) is 11.8 Å². The summed E-state index contributed by atoms with van der Waals surface area (Å²) in [6.07, 6.45) is 5.20. The first-order valence-corrected chi connectivity index (χ1v) is 4.21. The third kappa shape index (κ3) is 4.38. The van der Waals surface area contributed by atoms with E-state index in [1.165, 1.54) is 0 Å². The van der Waals surface area contributed by atoms with Crippen LogP contribution in [-0.2, 0) is 0 Å². The van der Waals surface area contributed by atoms with E-state index in [0.29, 0.717) is 0 Å². The molecule has 1 atom stereocenters. The first-order chi connectivity index (χ1) is 4.35. The molecule has 0 radical (unpaired) electrons. The number of hydrogen-bond acceptors (Lipinski definition) is 2. The topological polar surface area (TPSA) is 12.0 Å². The zero-order chi connectivity index (χ0) is 7.11. The van der Waals surface area contributed by atoms with Crippen molar-refractivity contribution < 1.29 is 0 Å². The fraction of sp³-hybridized carbons (Fsp3) is 0.714. The summed E-state index contributed by atoms with van der Waals surface area (Å²) < 4.78 is 0. The molecule has 0 saturated heterocycles. The Kier molecular flexibility index (Phi) is 5.91. The summed E-state index contributed by atoms with van der Waals surface area (Å²) in [6.45, 7) is 2.13. The molecule has 0 heterocycles. The van der Waals surface area contributed by atoms with E-state index in [4.69, 9.17) is 6.42 Å². The molecule has 0 spiro atoms. The van der Waals surface area contributed by atoms with Crippen LogP contribution in [0.4, 0.5) is 0 Å². The summed E-state index contributed by atoms with van der Waals surface area (Å²) in [5.41, 5.74) is 0. The van der Waals surface area contributed by atoms with E-state index in [1.54, 1.807) is 0 Å². The van der Waals surface area contributed by atoms with Gasteiger partial charge in [0.2, 0.25) is 0 Å². The summed E-state index contributed by atoms with van der Waals surface area (Å²) in [7, 11) is 1.89. The van der Waals surface area contributed by atoms with Gasteiger partial charge < -0.3 is 5.32 Å². The normalized spacial score (nSPS) is 12.6. The smallest absolute Gasteiger partial charge is 0.0776 e. The molecule has 0 aromatic rings. The molecule has 0 bridgehead atoms. The van der Waals surface area contributed by atoms with Crippen molar-refractivity contribution in [3.8, 4) is 12.3 Å². The third-order valence-corrected chi connectivity index (χ3v) is 2.02.